The Labute approximate surface area is 245 Å². The van der Waals surface area contributed by atoms with Crippen LogP contribution in [0.15, 0.2) is 30.6 Å². The predicted molar refractivity (Wildman–Crippen MR) is 138 cm³/mol. The van der Waals surface area contributed by atoms with Crippen LogP contribution >= 0.6 is 11.6 Å². The van der Waals surface area contributed by atoms with E-state index in [1.54, 1.807) is 6.92 Å². The van der Waals surface area contributed by atoms with Gasteiger partial charge in [-0.05, 0) is 37.5 Å². The number of carbonyl (C=O) groups is 2. The Bertz CT molecular complexity index is 1510. The number of aromatic nitrogens is 4. The van der Waals surface area contributed by atoms with E-state index >= 15 is 4.39 Å². The molecule has 2 unspecified atom stereocenters. The molecule has 0 spiro atoms. The minimum Gasteiger partial charge on any atom is -0.455 e. The molecule has 4 rings (SSSR count). The molecule has 2 heterocycles. The maximum absolute atomic E-state index is 15.4. The monoisotopic (exact) mass is 639 g/mol. The highest BCUT2D eigenvalue weighted by atomic mass is 35.5. The van der Waals surface area contributed by atoms with E-state index in [0.717, 1.165) is 23.6 Å². The third-order valence-corrected chi connectivity index (χ3v) is 6.83. The highest BCUT2D eigenvalue weighted by Gasteiger charge is 2.73. The molecule has 0 radical (unpaired) electrons. The number of carbonyl (C=O) groups excluding carboxylic acids is 2. The summed E-state index contributed by atoms with van der Waals surface area (Å²) in [7, 11) is 1.00. The molecule has 43 heavy (non-hydrogen) atoms. The van der Waals surface area contributed by atoms with Crippen molar-refractivity contribution in [1.82, 2.24) is 24.5 Å². The molecule has 2 aromatic heterocycles. The Morgan fingerprint density at radius 3 is 2.35 bits per heavy atom. The molecule has 1 fully saturated rings. The number of nitrogens with zero attached hydrogens (tertiary/aromatic N) is 5. The maximum atomic E-state index is 15.4. The van der Waals surface area contributed by atoms with Gasteiger partial charge in [-0.25, -0.2) is 36.6 Å². The summed E-state index contributed by atoms with van der Waals surface area (Å²) in [4.78, 5) is 26.7. The largest absolute Gasteiger partial charge is 0.455 e. The number of hydrogen-bond acceptors (Lipinski definition) is 6. The average Bonchev–Trinajstić information content (AvgIpc) is 3.50. The molecular formula is C26H25ClF7N5O4. The van der Waals surface area contributed by atoms with E-state index in [2.05, 4.69) is 10.2 Å². The maximum Gasteiger partial charge on any atom is 0.434 e. The molecule has 17 heteroatoms. The van der Waals surface area contributed by atoms with Gasteiger partial charge in [0.25, 0.3) is 11.8 Å². The summed E-state index contributed by atoms with van der Waals surface area (Å²) in [5.74, 6) is -7.63. The second-order valence-corrected chi connectivity index (χ2v) is 10.2. The number of aryl methyl sites for hydroxylation is 1. The molecular weight excluding hydrogens is 615 g/mol. The van der Waals surface area contributed by atoms with Crippen molar-refractivity contribution >= 4 is 23.6 Å². The Morgan fingerprint density at radius 1 is 1.16 bits per heavy atom. The lowest BCUT2D eigenvalue weighted by Crippen LogP contribution is -2.51. The second kappa shape index (κ2) is 11.4. The van der Waals surface area contributed by atoms with Gasteiger partial charge in [0.15, 0.2) is 17.3 Å². The minimum atomic E-state index is -6.17. The van der Waals surface area contributed by atoms with Gasteiger partial charge >= 0.3 is 17.9 Å². The van der Waals surface area contributed by atoms with Gasteiger partial charge in [-0.15, -0.1) is 0 Å². The average molecular weight is 640 g/mol. The van der Waals surface area contributed by atoms with Crippen LogP contribution < -0.4 is 4.74 Å². The Kier molecular flexibility index (Phi) is 8.48. The number of ether oxygens (including phenoxy) is 2. The predicted octanol–water partition coefficient (Wildman–Crippen LogP) is 6.76. The van der Waals surface area contributed by atoms with E-state index in [1.165, 1.54) is 30.6 Å². The van der Waals surface area contributed by atoms with Gasteiger partial charge in [0.2, 0.25) is 6.36 Å². The summed E-state index contributed by atoms with van der Waals surface area (Å²) < 4.78 is 110. The first-order valence-corrected chi connectivity index (χ1v) is 13.2. The summed E-state index contributed by atoms with van der Waals surface area (Å²) in [5, 5.41) is 7.33. The number of hydrogen-bond donors (Lipinski definition) is 0. The molecule has 234 valence electrons. The Hall–Kier alpha value is -3.82. The summed E-state index contributed by atoms with van der Waals surface area (Å²) in [6.07, 6.45) is -5.85. The minimum absolute atomic E-state index is 0.00640. The van der Waals surface area contributed by atoms with Gasteiger partial charge in [-0.1, -0.05) is 17.7 Å². The zero-order chi connectivity index (χ0) is 32.1. The van der Waals surface area contributed by atoms with Crippen LogP contribution in [-0.2, 0) is 17.5 Å². The lowest BCUT2D eigenvalue weighted by molar-refractivity contribution is -0.306. The van der Waals surface area contributed by atoms with E-state index in [0.29, 0.717) is 17.5 Å². The molecule has 0 bridgehead atoms. The van der Waals surface area contributed by atoms with Crippen LogP contribution in [0, 0.1) is 0 Å². The van der Waals surface area contributed by atoms with E-state index in [4.69, 9.17) is 21.1 Å². The van der Waals surface area contributed by atoms with Crippen molar-refractivity contribution < 1.29 is 49.8 Å². The molecule has 1 aromatic carbocycles. The molecule has 9 nitrogen and oxygen atoms in total. The standard InChI is InChI=1S/C26H25ClF7N5O4/c1-5-42-23(41)39(16-7-8-16)22(40)17-10-14(6-9-18(17)27)15-11-35-38(12-15)21-19(43-13(2)28)20(36-37(21)4)25(31,24(3,29)30)26(32,33)34/h6,9-13,16H,5,7-8H2,1-4H3. The van der Waals surface area contributed by atoms with E-state index in [9.17, 15) is 35.9 Å². The molecule has 1 aliphatic rings. The first kappa shape index (κ1) is 32.1. The van der Waals surface area contributed by atoms with Crippen LogP contribution in [0.2, 0.25) is 5.02 Å². The number of rotatable bonds is 9. The van der Waals surface area contributed by atoms with Crippen molar-refractivity contribution in [3.05, 3.63) is 46.9 Å². The van der Waals surface area contributed by atoms with Crippen LogP contribution in [0.5, 0.6) is 5.75 Å². The number of amides is 2. The molecule has 3 aromatic rings. The van der Waals surface area contributed by atoms with Crippen molar-refractivity contribution in [2.75, 3.05) is 6.61 Å². The Balaban J connectivity index is 1.80. The lowest BCUT2D eigenvalue weighted by Gasteiger charge is -2.31. The van der Waals surface area contributed by atoms with Gasteiger partial charge in [0.05, 0.1) is 23.4 Å². The van der Waals surface area contributed by atoms with Gasteiger partial charge in [0.1, 0.15) is 0 Å². The number of halogens is 8. The first-order chi connectivity index (χ1) is 19.9. The van der Waals surface area contributed by atoms with Crippen LogP contribution in [0.1, 0.15) is 49.7 Å². The lowest BCUT2D eigenvalue weighted by atomic mass is 9.93. The molecule has 2 atom stereocenters. The van der Waals surface area contributed by atoms with Gasteiger partial charge in [-0.3, -0.25) is 4.79 Å². The van der Waals surface area contributed by atoms with E-state index in [-0.39, 0.29) is 41.3 Å². The summed E-state index contributed by atoms with van der Waals surface area (Å²) in [6, 6.07) is 3.81. The highest BCUT2D eigenvalue weighted by Crippen LogP contribution is 2.55. The van der Waals surface area contributed by atoms with Crippen LogP contribution in [-0.4, -0.2) is 67.6 Å². The van der Waals surface area contributed by atoms with Gasteiger partial charge < -0.3 is 9.47 Å². The zero-order valence-corrected chi connectivity index (χ0v) is 23.8. The SMILES string of the molecule is CCOC(=O)N(C(=O)c1cc(-c2cnn(-c3c(OC(C)F)c(C(F)(C(C)(F)F)C(F)(F)F)nn3C)c2)ccc1Cl)C1CC1. The zero-order valence-electron chi connectivity index (χ0n) is 23.1. The van der Waals surface area contributed by atoms with Crippen LogP contribution in [0.25, 0.3) is 16.9 Å². The fourth-order valence-corrected chi connectivity index (χ4v) is 4.54. The smallest absolute Gasteiger partial charge is 0.434 e. The van der Waals surface area contributed by atoms with Crippen molar-refractivity contribution in [2.24, 2.45) is 7.05 Å². The summed E-state index contributed by atoms with van der Waals surface area (Å²) in [5.41, 5.74) is -6.82. The van der Waals surface area contributed by atoms with E-state index in [1.807, 2.05) is 0 Å². The fourth-order valence-electron chi connectivity index (χ4n) is 4.35. The highest BCUT2D eigenvalue weighted by molar-refractivity contribution is 6.34. The molecule has 0 saturated heterocycles. The Morgan fingerprint density at radius 2 is 1.81 bits per heavy atom. The van der Waals surface area contributed by atoms with Crippen LogP contribution in [0.4, 0.5) is 35.5 Å². The van der Waals surface area contributed by atoms with Crippen molar-refractivity contribution in [1.29, 1.82) is 0 Å². The summed E-state index contributed by atoms with van der Waals surface area (Å²) >= 11 is 6.27. The van der Waals surface area contributed by atoms with Crippen molar-refractivity contribution in [2.45, 2.75) is 63.8 Å². The number of alkyl halides is 7. The van der Waals surface area contributed by atoms with Crippen LogP contribution in [0.3, 0.4) is 0 Å². The quantitative estimate of drug-likeness (QED) is 0.240. The van der Waals surface area contributed by atoms with Crippen molar-refractivity contribution in [3.8, 4) is 22.7 Å². The summed E-state index contributed by atoms with van der Waals surface area (Å²) in [6.45, 7) is 2.09. The fraction of sp³-hybridized carbons (Fsp3) is 0.462. The normalized spacial score (nSPS) is 16.0. The topological polar surface area (TPSA) is 91.5 Å². The molecule has 1 aliphatic carbocycles. The first-order valence-electron chi connectivity index (χ1n) is 12.8. The molecule has 1 saturated carbocycles. The van der Waals surface area contributed by atoms with Gasteiger partial charge in [-0.2, -0.15) is 23.4 Å². The molecule has 0 N–H and O–H groups in total. The van der Waals surface area contributed by atoms with Crippen molar-refractivity contribution in [3.63, 3.8) is 0 Å². The molecule has 2 amide bonds. The number of benzene rings is 1. The second-order valence-electron chi connectivity index (χ2n) is 9.80. The molecule has 0 aliphatic heterocycles. The number of imide groups is 1. The van der Waals surface area contributed by atoms with E-state index < -0.39 is 53.4 Å². The van der Waals surface area contributed by atoms with Gasteiger partial charge in [0, 0.05) is 38.7 Å². The third-order valence-electron chi connectivity index (χ3n) is 6.50. The third kappa shape index (κ3) is 5.88.